The first kappa shape index (κ1) is 16.1. The fourth-order valence-electron chi connectivity index (χ4n) is 1.96. The van der Waals surface area contributed by atoms with E-state index in [1.807, 2.05) is 0 Å². The Morgan fingerprint density at radius 3 is 2.32 bits per heavy atom. The highest BCUT2D eigenvalue weighted by Gasteiger charge is 2.32. The maximum atomic E-state index is 12.1. The number of amides is 1. The van der Waals surface area contributed by atoms with Crippen LogP contribution in [0.3, 0.4) is 0 Å². The van der Waals surface area contributed by atoms with E-state index in [-0.39, 0.29) is 18.2 Å². The number of halogens is 3. The lowest BCUT2D eigenvalue weighted by Gasteiger charge is -2.18. The second-order valence-corrected chi connectivity index (χ2v) is 5.05. The lowest BCUT2D eigenvalue weighted by Crippen LogP contribution is -2.31. The van der Waals surface area contributed by atoms with Gasteiger partial charge in [-0.2, -0.15) is 0 Å². The van der Waals surface area contributed by atoms with Gasteiger partial charge in [-0.3, -0.25) is 9.59 Å². The monoisotopic (exact) mass is 317 g/mol. The Morgan fingerprint density at radius 1 is 1.27 bits per heavy atom. The molecular formula is C14H14F3NO4. The summed E-state index contributed by atoms with van der Waals surface area (Å²) in [6.45, 7) is 0. The molecule has 0 radical (unpaired) electrons. The third-order valence-corrected chi connectivity index (χ3v) is 3.16. The Morgan fingerprint density at radius 2 is 1.86 bits per heavy atom. The second kappa shape index (κ2) is 6.25. The average Bonchev–Trinajstić information content (AvgIpc) is 3.20. The molecule has 120 valence electrons. The van der Waals surface area contributed by atoms with E-state index in [9.17, 15) is 22.8 Å². The zero-order valence-electron chi connectivity index (χ0n) is 11.4. The van der Waals surface area contributed by atoms with Crippen molar-refractivity contribution in [3.63, 3.8) is 0 Å². The number of hydrogen-bond acceptors (Lipinski definition) is 3. The smallest absolute Gasteiger partial charge is 0.481 e. The summed E-state index contributed by atoms with van der Waals surface area (Å²) in [4.78, 5) is 22.6. The van der Waals surface area contributed by atoms with Crippen molar-refractivity contribution in [2.24, 2.45) is 5.92 Å². The van der Waals surface area contributed by atoms with Crippen LogP contribution in [0.15, 0.2) is 24.3 Å². The van der Waals surface area contributed by atoms with Gasteiger partial charge in [0.1, 0.15) is 5.75 Å². The minimum atomic E-state index is -4.79. The molecule has 0 spiro atoms. The first-order valence-corrected chi connectivity index (χ1v) is 6.62. The minimum Gasteiger partial charge on any atom is -0.481 e. The average molecular weight is 317 g/mol. The molecule has 1 atom stereocenters. The van der Waals surface area contributed by atoms with Gasteiger partial charge < -0.3 is 15.2 Å². The van der Waals surface area contributed by atoms with Crippen LogP contribution in [-0.4, -0.2) is 23.3 Å². The molecule has 0 bridgehead atoms. The normalized spacial score (nSPS) is 16.0. The highest BCUT2D eigenvalue weighted by molar-refractivity contribution is 5.82. The number of ether oxygens (including phenoxy) is 1. The molecule has 1 fully saturated rings. The Bertz CT molecular complexity index is 552. The summed E-state index contributed by atoms with van der Waals surface area (Å²) in [6.07, 6.45) is -3.60. The molecule has 8 heteroatoms. The molecule has 1 aliphatic rings. The minimum absolute atomic E-state index is 0.0934. The highest BCUT2D eigenvalue weighted by Crippen LogP contribution is 2.31. The van der Waals surface area contributed by atoms with Gasteiger partial charge >= 0.3 is 12.3 Å². The van der Waals surface area contributed by atoms with Crippen molar-refractivity contribution >= 4 is 11.9 Å². The lowest BCUT2D eigenvalue weighted by molar-refractivity contribution is -0.274. The van der Waals surface area contributed by atoms with Gasteiger partial charge in [0.2, 0.25) is 5.91 Å². The number of aliphatic carboxylic acids is 1. The molecule has 1 aromatic rings. The van der Waals surface area contributed by atoms with Crippen LogP contribution < -0.4 is 10.1 Å². The molecule has 2 rings (SSSR count). The third-order valence-electron chi connectivity index (χ3n) is 3.16. The van der Waals surface area contributed by atoms with E-state index < -0.39 is 24.1 Å². The Balaban J connectivity index is 2.08. The van der Waals surface area contributed by atoms with Crippen LogP contribution in [0.5, 0.6) is 5.75 Å². The molecule has 1 aliphatic carbocycles. The van der Waals surface area contributed by atoms with Gasteiger partial charge in [-0.1, -0.05) is 12.1 Å². The van der Waals surface area contributed by atoms with Crippen molar-refractivity contribution in [3.05, 3.63) is 29.8 Å². The van der Waals surface area contributed by atoms with Gasteiger partial charge in [0.25, 0.3) is 0 Å². The maximum Gasteiger partial charge on any atom is 0.573 e. The molecule has 0 saturated heterocycles. The molecule has 1 saturated carbocycles. The predicted molar refractivity (Wildman–Crippen MR) is 69.0 cm³/mol. The van der Waals surface area contributed by atoms with Crippen molar-refractivity contribution in [1.29, 1.82) is 0 Å². The maximum absolute atomic E-state index is 12.1. The molecule has 1 amide bonds. The van der Waals surface area contributed by atoms with E-state index in [4.69, 9.17) is 5.11 Å². The number of alkyl halides is 3. The standard InChI is InChI=1S/C14H14F3NO4/c15-14(16,17)22-10-5-3-8(4-6-10)11(7-12(19)20)18-13(21)9-1-2-9/h3-6,9,11H,1-2,7H2,(H,18,21)(H,19,20). The molecule has 1 unspecified atom stereocenters. The SMILES string of the molecule is O=C(O)CC(NC(=O)C1CC1)c1ccc(OC(F)(F)F)cc1. The summed E-state index contributed by atoms with van der Waals surface area (Å²) in [5, 5.41) is 11.5. The quantitative estimate of drug-likeness (QED) is 0.846. The second-order valence-electron chi connectivity index (χ2n) is 5.05. The molecular weight excluding hydrogens is 303 g/mol. The van der Waals surface area contributed by atoms with Crippen LogP contribution in [0.4, 0.5) is 13.2 Å². The van der Waals surface area contributed by atoms with Crippen LogP contribution >= 0.6 is 0 Å². The van der Waals surface area contributed by atoms with Gasteiger partial charge in [-0.05, 0) is 30.5 Å². The van der Waals surface area contributed by atoms with Crippen LogP contribution in [0, 0.1) is 5.92 Å². The number of hydrogen-bond donors (Lipinski definition) is 2. The summed E-state index contributed by atoms with van der Waals surface area (Å²) in [6, 6.07) is 4.00. The van der Waals surface area contributed by atoms with Crippen LogP contribution in [0.2, 0.25) is 0 Å². The van der Waals surface area contributed by atoms with E-state index in [1.54, 1.807) is 0 Å². The molecule has 0 aromatic heterocycles. The summed E-state index contributed by atoms with van der Waals surface area (Å²) >= 11 is 0. The molecule has 1 aromatic carbocycles. The number of rotatable bonds is 6. The van der Waals surface area contributed by atoms with Crippen molar-refractivity contribution in [2.45, 2.75) is 31.7 Å². The van der Waals surface area contributed by atoms with Gasteiger partial charge in [0.15, 0.2) is 0 Å². The van der Waals surface area contributed by atoms with Crippen molar-refractivity contribution in [3.8, 4) is 5.75 Å². The zero-order chi connectivity index (χ0) is 16.3. The third kappa shape index (κ3) is 4.94. The van der Waals surface area contributed by atoms with Gasteiger partial charge in [0.05, 0.1) is 12.5 Å². The highest BCUT2D eigenvalue weighted by atomic mass is 19.4. The number of carboxylic acid groups (broad SMARTS) is 1. The van der Waals surface area contributed by atoms with E-state index in [0.717, 1.165) is 25.0 Å². The molecule has 0 aliphatic heterocycles. The first-order chi connectivity index (χ1) is 10.2. The summed E-state index contributed by atoms with van der Waals surface area (Å²) in [5.41, 5.74) is 0.408. The van der Waals surface area contributed by atoms with Gasteiger partial charge in [0, 0.05) is 5.92 Å². The van der Waals surface area contributed by atoms with Crippen molar-refractivity contribution < 1.29 is 32.6 Å². The molecule has 22 heavy (non-hydrogen) atoms. The van der Waals surface area contributed by atoms with Crippen LogP contribution in [0.1, 0.15) is 30.9 Å². The zero-order valence-corrected chi connectivity index (χ0v) is 11.4. The van der Waals surface area contributed by atoms with E-state index in [2.05, 4.69) is 10.1 Å². The largest absolute Gasteiger partial charge is 0.573 e. The Hall–Kier alpha value is -2.25. The number of benzene rings is 1. The van der Waals surface area contributed by atoms with E-state index in [0.29, 0.717) is 5.56 Å². The number of nitrogens with one attached hydrogen (secondary N) is 1. The molecule has 2 N–H and O–H groups in total. The topological polar surface area (TPSA) is 75.6 Å². The summed E-state index contributed by atoms with van der Waals surface area (Å²) in [5.74, 6) is -1.85. The Labute approximate surface area is 124 Å². The Kier molecular flexibility index (Phi) is 4.58. The van der Waals surface area contributed by atoms with Crippen LogP contribution in [0.25, 0.3) is 0 Å². The fraction of sp³-hybridized carbons (Fsp3) is 0.429. The first-order valence-electron chi connectivity index (χ1n) is 6.62. The predicted octanol–water partition coefficient (Wildman–Crippen LogP) is 2.63. The number of carboxylic acids is 1. The molecule has 0 heterocycles. The number of carbonyl (C=O) groups excluding carboxylic acids is 1. The number of carbonyl (C=O) groups is 2. The lowest BCUT2D eigenvalue weighted by atomic mass is 10.0. The van der Waals surface area contributed by atoms with Crippen LogP contribution in [-0.2, 0) is 9.59 Å². The van der Waals surface area contributed by atoms with E-state index in [1.165, 1.54) is 12.1 Å². The summed E-state index contributed by atoms with van der Waals surface area (Å²) in [7, 11) is 0. The van der Waals surface area contributed by atoms with E-state index >= 15 is 0 Å². The van der Waals surface area contributed by atoms with Crippen molar-refractivity contribution in [1.82, 2.24) is 5.32 Å². The summed E-state index contributed by atoms with van der Waals surface area (Å²) < 4.78 is 40.0. The van der Waals surface area contributed by atoms with Crippen molar-refractivity contribution in [2.75, 3.05) is 0 Å². The fourth-order valence-corrected chi connectivity index (χ4v) is 1.96. The van der Waals surface area contributed by atoms with Gasteiger partial charge in [-0.25, -0.2) is 0 Å². The molecule has 5 nitrogen and oxygen atoms in total. The van der Waals surface area contributed by atoms with Gasteiger partial charge in [-0.15, -0.1) is 13.2 Å².